The Morgan fingerprint density at radius 1 is 1.29 bits per heavy atom. The summed E-state index contributed by atoms with van der Waals surface area (Å²) in [6.45, 7) is 5.78. The Morgan fingerprint density at radius 3 is 2.24 bits per heavy atom. The molecule has 0 fully saturated rings. The van der Waals surface area contributed by atoms with Crippen molar-refractivity contribution in [3.63, 3.8) is 0 Å². The topological polar surface area (TPSA) is 89.3 Å². The third kappa shape index (κ3) is 9.12. The molecule has 5 nitrogen and oxygen atoms in total. The molecule has 0 radical (unpaired) electrons. The number of carbonyl (C=O) groups excluding carboxylic acids is 1. The Morgan fingerprint density at radius 2 is 1.82 bits per heavy atom. The molecule has 0 aliphatic rings. The molecular formula is C11H24N2O3S. The maximum Gasteiger partial charge on any atom is 0.237 e. The molecule has 6 heteroatoms. The monoisotopic (exact) mass is 264 g/mol. The second kappa shape index (κ2) is 6.96. The van der Waals surface area contributed by atoms with Crippen LogP contribution in [0.5, 0.6) is 0 Å². The van der Waals surface area contributed by atoms with E-state index in [0.717, 1.165) is 0 Å². The van der Waals surface area contributed by atoms with Gasteiger partial charge in [0, 0.05) is 12.3 Å². The lowest BCUT2D eigenvalue weighted by molar-refractivity contribution is -0.123. The molecule has 0 saturated carbocycles. The zero-order valence-electron chi connectivity index (χ0n) is 11.1. The van der Waals surface area contributed by atoms with Gasteiger partial charge in [-0.05, 0) is 25.7 Å². The van der Waals surface area contributed by atoms with Crippen LogP contribution in [-0.2, 0) is 14.6 Å². The standard InChI is InChI=1S/C11H24N2O3S/c1-8(2)7-10(12)11(14)13-9(3)5-6-17(4,15)16/h8-10H,5-7,12H2,1-4H3,(H,13,14)/t9?,10-/m0/s1. The van der Waals surface area contributed by atoms with Crippen molar-refractivity contribution in [2.45, 2.75) is 45.7 Å². The van der Waals surface area contributed by atoms with Crippen LogP contribution in [-0.4, -0.2) is 38.4 Å². The van der Waals surface area contributed by atoms with Crippen LogP contribution in [0.1, 0.15) is 33.6 Å². The van der Waals surface area contributed by atoms with Crippen LogP contribution >= 0.6 is 0 Å². The molecule has 0 heterocycles. The lowest BCUT2D eigenvalue weighted by atomic mass is 10.0. The Balaban J connectivity index is 4.03. The number of carbonyl (C=O) groups is 1. The molecule has 0 aliphatic carbocycles. The average Bonchev–Trinajstić information content (AvgIpc) is 2.12. The molecule has 0 spiro atoms. The van der Waals surface area contributed by atoms with E-state index in [-0.39, 0.29) is 17.7 Å². The first-order valence-corrected chi connectivity index (χ1v) is 7.91. The second-order valence-electron chi connectivity index (χ2n) is 5.06. The number of hydrogen-bond donors (Lipinski definition) is 2. The fraction of sp³-hybridized carbons (Fsp3) is 0.909. The first-order valence-electron chi connectivity index (χ1n) is 5.85. The van der Waals surface area contributed by atoms with Crippen LogP contribution in [0.3, 0.4) is 0 Å². The highest BCUT2D eigenvalue weighted by Crippen LogP contribution is 2.03. The minimum absolute atomic E-state index is 0.0772. The molecular weight excluding hydrogens is 240 g/mol. The molecule has 0 rings (SSSR count). The van der Waals surface area contributed by atoms with E-state index in [1.54, 1.807) is 6.92 Å². The van der Waals surface area contributed by atoms with Gasteiger partial charge in [0.2, 0.25) is 5.91 Å². The van der Waals surface area contributed by atoms with Gasteiger partial charge in [0.05, 0.1) is 11.8 Å². The summed E-state index contributed by atoms with van der Waals surface area (Å²) in [5.41, 5.74) is 5.72. The van der Waals surface area contributed by atoms with Gasteiger partial charge in [-0.25, -0.2) is 8.42 Å². The van der Waals surface area contributed by atoms with Crippen molar-refractivity contribution < 1.29 is 13.2 Å². The molecule has 3 N–H and O–H groups in total. The normalized spacial score (nSPS) is 15.6. The van der Waals surface area contributed by atoms with E-state index in [1.165, 1.54) is 6.26 Å². The van der Waals surface area contributed by atoms with Crippen molar-refractivity contribution in [3.05, 3.63) is 0 Å². The average molecular weight is 264 g/mol. The van der Waals surface area contributed by atoms with Crippen LogP contribution < -0.4 is 11.1 Å². The van der Waals surface area contributed by atoms with Gasteiger partial charge >= 0.3 is 0 Å². The van der Waals surface area contributed by atoms with Crippen LogP contribution in [0, 0.1) is 5.92 Å². The number of rotatable bonds is 7. The van der Waals surface area contributed by atoms with E-state index in [9.17, 15) is 13.2 Å². The molecule has 17 heavy (non-hydrogen) atoms. The second-order valence-corrected chi connectivity index (χ2v) is 7.32. The van der Waals surface area contributed by atoms with Gasteiger partial charge < -0.3 is 11.1 Å². The fourth-order valence-corrected chi connectivity index (χ4v) is 2.21. The van der Waals surface area contributed by atoms with Crippen LogP contribution in [0.15, 0.2) is 0 Å². The maximum absolute atomic E-state index is 11.6. The Bertz CT molecular complexity index is 339. The lowest BCUT2D eigenvalue weighted by Crippen LogP contribution is -2.45. The summed E-state index contributed by atoms with van der Waals surface area (Å²) in [7, 11) is -2.98. The van der Waals surface area contributed by atoms with Gasteiger partial charge in [-0.15, -0.1) is 0 Å². The van der Waals surface area contributed by atoms with E-state index in [0.29, 0.717) is 18.8 Å². The van der Waals surface area contributed by atoms with E-state index in [2.05, 4.69) is 5.32 Å². The van der Waals surface area contributed by atoms with E-state index in [1.807, 2.05) is 13.8 Å². The highest BCUT2D eigenvalue weighted by Gasteiger charge is 2.17. The Labute approximate surface area is 104 Å². The number of nitrogens with one attached hydrogen (secondary N) is 1. The molecule has 1 amide bonds. The third-order valence-corrected chi connectivity index (χ3v) is 3.35. The highest BCUT2D eigenvalue weighted by atomic mass is 32.2. The number of nitrogens with two attached hydrogens (primary N) is 1. The summed E-state index contributed by atoms with van der Waals surface area (Å²) in [4.78, 5) is 11.6. The molecule has 0 aromatic rings. The summed E-state index contributed by atoms with van der Waals surface area (Å²) in [5, 5.41) is 2.73. The van der Waals surface area contributed by atoms with Crippen molar-refractivity contribution in [3.8, 4) is 0 Å². The number of hydrogen-bond acceptors (Lipinski definition) is 4. The van der Waals surface area contributed by atoms with Gasteiger partial charge in [0.15, 0.2) is 0 Å². The van der Waals surface area contributed by atoms with Gasteiger partial charge in [0.1, 0.15) is 9.84 Å². The highest BCUT2D eigenvalue weighted by molar-refractivity contribution is 7.90. The molecule has 1 unspecified atom stereocenters. The van der Waals surface area contributed by atoms with Crippen molar-refractivity contribution in [2.75, 3.05) is 12.0 Å². The molecule has 2 atom stereocenters. The first kappa shape index (κ1) is 16.4. The summed E-state index contributed by atoms with van der Waals surface area (Å²) in [6.07, 6.45) is 2.23. The van der Waals surface area contributed by atoms with E-state index in [4.69, 9.17) is 5.73 Å². The van der Waals surface area contributed by atoms with Crippen molar-refractivity contribution in [2.24, 2.45) is 11.7 Å². The minimum atomic E-state index is -2.98. The third-order valence-electron chi connectivity index (χ3n) is 2.37. The van der Waals surface area contributed by atoms with E-state index >= 15 is 0 Å². The van der Waals surface area contributed by atoms with Crippen LogP contribution in [0.4, 0.5) is 0 Å². The largest absolute Gasteiger partial charge is 0.352 e. The van der Waals surface area contributed by atoms with Gasteiger partial charge in [0.25, 0.3) is 0 Å². The van der Waals surface area contributed by atoms with E-state index < -0.39 is 15.9 Å². The SMILES string of the molecule is CC(C)C[C@H](N)C(=O)NC(C)CCS(C)(=O)=O. The predicted molar refractivity (Wildman–Crippen MR) is 69.4 cm³/mol. The molecule has 0 aromatic heterocycles. The Kier molecular flexibility index (Phi) is 6.70. The molecule has 0 saturated heterocycles. The van der Waals surface area contributed by atoms with Gasteiger partial charge in [-0.2, -0.15) is 0 Å². The molecule has 0 aliphatic heterocycles. The van der Waals surface area contributed by atoms with Crippen LogP contribution in [0.25, 0.3) is 0 Å². The fourth-order valence-electron chi connectivity index (χ4n) is 1.43. The van der Waals surface area contributed by atoms with Gasteiger partial charge in [-0.1, -0.05) is 13.8 Å². The summed E-state index contributed by atoms with van der Waals surface area (Å²) < 4.78 is 21.9. The van der Waals surface area contributed by atoms with Crippen molar-refractivity contribution >= 4 is 15.7 Å². The summed E-state index contributed by atoms with van der Waals surface area (Å²) in [5.74, 6) is 0.232. The number of sulfone groups is 1. The van der Waals surface area contributed by atoms with Crippen molar-refractivity contribution in [1.82, 2.24) is 5.32 Å². The first-order chi connectivity index (χ1) is 7.61. The smallest absolute Gasteiger partial charge is 0.237 e. The molecule has 102 valence electrons. The Hall–Kier alpha value is -0.620. The van der Waals surface area contributed by atoms with Crippen molar-refractivity contribution in [1.29, 1.82) is 0 Å². The quantitative estimate of drug-likeness (QED) is 0.692. The predicted octanol–water partition coefficient (Wildman–Crippen LogP) is 0.299. The van der Waals surface area contributed by atoms with Crippen LogP contribution in [0.2, 0.25) is 0 Å². The molecule has 0 aromatic carbocycles. The zero-order valence-corrected chi connectivity index (χ0v) is 11.9. The number of amides is 1. The zero-order chi connectivity index (χ0) is 13.6. The van der Waals surface area contributed by atoms with Gasteiger partial charge in [-0.3, -0.25) is 4.79 Å². The lowest BCUT2D eigenvalue weighted by Gasteiger charge is -2.18. The molecule has 0 bridgehead atoms. The summed E-state index contributed by atoms with van der Waals surface area (Å²) in [6, 6.07) is -0.689. The maximum atomic E-state index is 11.6. The minimum Gasteiger partial charge on any atom is -0.352 e. The summed E-state index contributed by atoms with van der Waals surface area (Å²) >= 11 is 0.